The minimum atomic E-state index is -0.156. The lowest BCUT2D eigenvalue weighted by atomic mass is 10.2. The molecule has 0 spiro atoms. The van der Waals surface area contributed by atoms with Gasteiger partial charge in [0.15, 0.2) is 0 Å². The fourth-order valence-corrected chi connectivity index (χ4v) is 3.20. The third-order valence-electron chi connectivity index (χ3n) is 2.47. The van der Waals surface area contributed by atoms with E-state index in [0.29, 0.717) is 17.1 Å². The van der Waals surface area contributed by atoms with E-state index in [1.54, 1.807) is 29.5 Å². The van der Waals surface area contributed by atoms with Gasteiger partial charge in [-0.2, -0.15) is 0 Å². The smallest absolute Gasteiger partial charge is 0.251 e. The van der Waals surface area contributed by atoms with E-state index in [4.69, 9.17) is 11.6 Å². The van der Waals surface area contributed by atoms with Crippen molar-refractivity contribution >= 4 is 44.8 Å². The number of halogens is 2. The maximum atomic E-state index is 12.0. The Hall–Kier alpha value is -0.910. The molecule has 1 aromatic heterocycles. The van der Waals surface area contributed by atoms with Crippen LogP contribution in [0.4, 0.5) is 0 Å². The Morgan fingerprint density at radius 2 is 2.26 bits per heavy atom. The molecule has 1 N–H and O–H groups in total. The highest BCUT2D eigenvalue weighted by molar-refractivity contribution is 9.10. The molecule has 0 aliphatic heterocycles. The van der Waals surface area contributed by atoms with E-state index in [1.807, 2.05) is 6.20 Å². The molecule has 0 aliphatic rings. The van der Waals surface area contributed by atoms with Gasteiger partial charge in [-0.15, -0.1) is 11.3 Å². The molecular formula is C13H12BrClN2OS. The summed E-state index contributed by atoms with van der Waals surface area (Å²) in [7, 11) is 0. The first-order valence-electron chi connectivity index (χ1n) is 5.76. The number of nitrogens with zero attached hydrogens (tertiary/aromatic N) is 1. The first-order chi connectivity index (χ1) is 9.08. The lowest BCUT2D eigenvalue weighted by Crippen LogP contribution is -2.22. The van der Waals surface area contributed by atoms with Gasteiger partial charge < -0.3 is 5.32 Å². The molecule has 3 nitrogen and oxygen atoms in total. The summed E-state index contributed by atoms with van der Waals surface area (Å²) in [5.41, 5.74) is 0.534. The predicted molar refractivity (Wildman–Crippen MR) is 81.8 cm³/mol. The number of benzene rings is 1. The molecule has 2 rings (SSSR count). The van der Waals surface area contributed by atoms with Gasteiger partial charge in [0.25, 0.3) is 5.91 Å². The third-order valence-corrected chi connectivity index (χ3v) is 4.29. The number of hydrogen-bond acceptors (Lipinski definition) is 3. The highest BCUT2D eigenvalue weighted by Crippen LogP contribution is 2.19. The number of nitrogens with one attached hydrogen (secondary N) is 1. The van der Waals surface area contributed by atoms with E-state index < -0.39 is 0 Å². The number of hydrogen-bond donors (Lipinski definition) is 1. The van der Waals surface area contributed by atoms with Crippen LogP contribution < -0.4 is 5.32 Å². The quantitative estimate of drug-likeness (QED) is 0.894. The van der Waals surface area contributed by atoms with Crippen LogP contribution in [0.2, 0.25) is 5.02 Å². The summed E-state index contributed by atoms with van der Waals surface area (Å²) in [5, 5.41) is 4.27. The van der Waals surface area contributed by atoms with Gasteiger partial charge in [0.05, 0.1) is 6.54 Å². The lowest BCUT2D eigenvalue weighted by Gasteiger charge is -2.04. The molecule has 0 fully saturated rings. The van der Waals surface area contributed by atoms with Gasteiger partial charge in [0, 0.05) is 26.1 Å². The maximum Gasteiger partial charge on any atom is 0.251 e. The minimum absolute atomic E-state index is 0.156. The average Bonchev–Trinajstić information content (AvgIpc) is 2.82. The Balaban J connectivity index is 2.00. The molecule has 2 aromatic rings. The largest absolute Gasteiger partial charge is 0.346 e. The van der Waals surface area contributed by atoms with Crippen LogP contribution in [-0.2, 0) is 13.0 Å². The number of aryl methyl sites for hydroxylation is 1. The highest BCUT2D eigenvalue weighted by Gasteiger charge is 2.08. The summed E-state index contributed by atoms with van der Waals surface area (Å²) in [4.78, 5) is 17.5. The third kappa shape index (κ3) is 4.03. The van der Waals surface area contributed by atoms with Crippen molar-refractivity contribution in [2.45, 2.75) is 19.9 Å². The van der Waals surface area contributed by atoms with Gasteiger partial charge in [-0.25, -0.2) is 4.98 Å². The fourth-order valence-electron chi connectivity index (χ4n) is 1.54. The Labute approximate surface area is 129 Å². The van der Waals surface area contributed by atoms with Gasteiger partial charge in [0.1, 0.15) is 5.01 Å². The molecule has 0 radical (unpaired) electrons. The van der Waals surface area contributed by atoms with Gasteiger partial charge >= 0.3 is 0 Å². The number of carbonyl (C=O) groups is 1. The Bertz CT molecular complexity index is 580. The zero-order valence-corrected chi connectivity index (χ0v) is 13.4. The maximum absolute atomic E-state index is 12.0. The molecule has 1 heterocycles. The van der Waals surface area contributed by atoms with Gasteiger partial charge in [0.2, 0.25) is 0 Å². The molecule has 0 aliphatic carbocycles. The van der Waals surface area contributed by atoms with Crippen molar-refractivity contribution in [3.63, 3.8) is 0 Å². The van der Waals surface area contributed by atoms with Crippen molar-refractivity contribution in [1.29, 1.82) is 0 Å². The Morgan fingerprint density at radius 1 is 1.47 bits per heavy atom. The molecule has 6 heteroatoms. The first-order valence-corrected chi connectivity index (χ1v) is 7.75. The van der Waals surface area contributed by atoms with E-state index in [2.05, 4.69) is 33.2 Å². The average molecular weight is 360 g/mol. The van der Waals surface area contributed by atoms with Crippen molar-refractivity contribution in [3.8, 4) is 0 Å². The van der Waals surface area contributed by atoms with Crippen LogP contribution in [0.25, 0.3) is 0 Å². The number of carbonyl (C=O) groups excluding carboxylic acids is 1. The molecule has 0 atom stereocenters. The summed E-state index contributed by atoms with van der Waals surface area (Å²) in [5.74, 6) is -0.156. The number of amides is 1. The number of rotatable bonds is 4. The van der Waals surface area contributed by atoms with Gasteiger partial charge in [-0.05, 0) is 24.6 Å². The van der Waals surface area contributed by atoms with Crippen LogP contribution in [0.5, 0.6) is 0 Å². The van der Waals surface area contributed by atoms with Crippen LogP contribution in [0.3, 0.4) is 0 Å². The summed E-state index contributed by atoms with van der Waals surface area (Å²) in [6, 6.07) is 5.12. The van der Waals surface area contributed by atoms with Crippen LogP contribution in [-0.4, -0.2) is 10.9 Å². The summed E-state index contributed by atoms with van der Waals surface area (Å²) in [6.45, 7) is 2.52. The van der Waals surface area contributed by atoms with Crippen LogP contribution >= 0.6 is 38.9 Å². The molecule has 1 aromatic carbocycles. The van der Waals surface area contributed by atoms with Crippen LogP contribution in [0.15, 0.2) is 28.9 Å². The molecule has 0 saturated carbocycles. The molecular weight excluding hydrogens is 348 g/mol. The second kappa shape index (κ2) is 6.50. The molecule has 1 amide bonds. The summed E-state index contributed by atoms with van der Waals surface area (Å²) in [6.07, 6.45) is 2.81. The van der Waals surface area contributed by atoms with E-state index in [0.717, 1.165) is 15.9 Å². The topological polar surface area (TPSA) is 42.0 Å². The molecule has 100 valence electrons. The fraction of sp³-hybridized carbons (Fsp3) is 0.231. The van der Waals surface area contributed by atoms with Crippen molar-refractivity contribution in [1.82, 2.24) is 10.3 Å². The molecule has 0 saturated heterocycles. The monoisotopic (exact) mass is 358 g/mol. The first kappa shape index (κ1) is 14.5. The van der Waals surface area contributed by atoms with Crippen molar-refractivity contribution in [2.24, 2.45) is 0 Å². The number of aromatic nitrogens is 1. The van der Waals surface area contributed by atoms with E-state index >= 15 is 0 Å². The Morgan fingerprint density at radius 3 is 2.89 bits per heavy atom. The van der Waals surface area contributed by atoms with Crippen molar-refractivity contribution in [3.05, 3.63) is 49.3 Å². The van der Waals surface area contributed by atoms with E-state index in [9.17, 15) is 4.79 Å². The minimum Gasteiger partial charge on any atom is -0.346 e. The highest BCUT2D eigenvalue weighted by atomic mass is 79.9. The molecule has 0 unspecified atom stereocenters. The van der Waals surface area contributed by atoms with Gasteiger partial charge in [-0.1, -0.05) is 34.5 Å². The van der Waals surface area contributed by atoms with E-state index in [-0.39, 0.29) is 5.91 Å². The van der Waals surface area contributed by atoms with Crippen molar-refractivity contribution < 1.29 is 4.79 Å². The SMILES string of the molecule is CCc1cnc(CNC(=O)c2cc(Cl)cc(Br)c2)s1. The lowest BCUT2D eigenvalue weighted by molar-refractivity contribution is 0.0951. The Kier molecular flexibility index (Phi) is 4.96. The second-order valence-corrected chi connectivity index (χ2v) is 6.47. The standard InChI is InChI=1S/C13H12BrClN2OS/c1-2-11-6-16-12(19-11)7-17-13(18)8-3-9(14)5-10(15)4-8/h3-6H,2,7H2,1H3,(H,17,18). The normalized spacial score (nSPS) is 10.5. The van der Waals surface area contributed by atoms with Gasteiger partial charge in [-0.3, -0.25) is 4.79 Å². The zero-order valence-electron chi connectivity index (χ0n) is 10.2. The van der Waals surface area contributed by atoms with E-state index in [1.165, 1.54) is 4.88 Å². The second-order valence-electron chi connectivity index (χ2n) is 3.91. The van der Waals surface area contributed by atoms with Crippen molar-refractivity contribution in [2.75, 3.05) is 0 Å². The molecule has 0 bridgehead atoms. The number of thiazole rings is 1. The predicted octanol–water partition coefficient (Wildman–Crippen LogP) is 4.05. The van der Waals surface area contributed by atoms with Crippen LogP contribution in [0, 0.1) is 0 Å². The zero-order chi connectivity index (χ0) is 13.8. The summed E-state index contributed by atoms with van der Waals surface area (Å²) < 4.78 is 0.785. The van der Waals surface area contributed by atoms with Crippen LogP contribution in [0.1, 0.15) is 27.2 Å². The summed E-state index contributed by atoms with van der Waals surface area (Å²) >= 11 is 10.8. The molecule has 19 heavy (non-hydrogen) atoms.